The second-order valence-corrected chi connectivity index (χ2v) is 33.0. The quantitative estimate of drug-likeness (QED) is 0.0356. The topological polar surface area (TPSA) is 158 Å². The Bertz CT molecular complexity index is 2300. The number of rotatable bonds is 22. The first-order chi connectivity index (χ1) is 38.7. The van der Waals surface area contributed by atoms with Crippen LogP contribution in [0.25, 0.3) is 0 Å². The Morgan fingerprint density at radius 3 is 1.42 bits per heavy atom. The van der Waals surface area contributed by atoms with Crippen LogP contribution in [-0.2, 0) is 63.2 Å². The number of carbonyl (C=O) groups excluding carboxylic acids is 6. The molecule has 2 aliphatic carbocycles. The van der Waals surface area contributed by atoms with E-state index in [1.807, 2.05) is 55.4 Å². The summed E-state index contributed by atoms with van der Waals surface area (Å²) in [4.78, 5) is 71.5. The average Bonchev–Trinajstić information content (AvgIpc) is 1.54. The minimum Gasteiger partial charge on any atom is -0.463 e. The first-order valence-corrected chi connectivity index (χ1v) is 33.5. The highest BCUT2D eigenvalue weighted by atomic mass is 28.3. The standard InChI is InChI=1S/C18H20F6O6.C14H24Si.C13H26O2.C9H14F4O2.C9H18O2/c1-4-15(2,3)12(25)28-9-7-5-8-10(9)29-13(26)16(8,6-7)14(27)30-11(17(19,20)21)18(22,23)24;1-6-12(2)14-9-7-13(8-10-14)11-15(3,4)5;1-8-13(6,7)12(14)15-11(9(2)3)10(4)5;1-4-8(2,3)7(14)15-5-9(12,13)6(10)11;1-6-9(4,5)8(10)11-7(2)3/h7-11H,4-6H2,1-3H3;7-10,12H,6,11H2,1-5H3;9-11H,8H2,1-7H3;6H,4-5H2,1-3H3;7H,6H2,1-5H3. The monoisotopic (exact) mass is 1270 g/mol. The van der Waals surface area contributed by atoms with Crippen molar-refractivity contribution < 1.29 is 101 Å². The molecule has 23 heteroatoms. The van der Waals surface area contributed by atoms with Crippen LogP contribution in [0.4, 0.5) is 43.9 Å². The number of hydrogen-bond donors (Lipinski definition) is 0. The van der Waals surface area contributed by atoms with Gasteiger partial charge in [0.15, 0.2) is 12.0 Å². The van der Waals surface area contributed by atoms with Gasteiger partial charge in [-0.3, -0.25) is 28.8 Å². The Morgan fingerprint density at radius 2 is 1.05 bits per heavy atom. The second-order valence-electron chi connectivity index (χ2n) is 27.6. The summed E-state index contributed by atoms with van der Waals surface area (Å²) in [6.45, 7) is 43.7. The molecule has 0 aromatic heterocycles. The third-order valence-corrected chi connectivity index (χ3v) is 17.7. The maximum absolute atomic E-state index is 12.8. The van der Waals surface area contributed by atoms with Gasteiger partial charge in [-0.05, 0) is 144 Å². The van der Waals surface area contributed by atoms with Gasteiger partial charge in [-0.1, -0.05) is 119 Å². The van der Waals surface area contributed by atoms with Crippen molar-refractivity contribution in [3.63, 3.8) is 0 Å². The smallest absolute Gasteiger partial charge is 0.434 e. The maximum Gasteiger partial charge on any atom is 0.434 e. The molecule has 1 aromatic rings. The van der Waals surface area contributed by atoms with Gasteiger partial charge >= 0.3 is 60.5 Å². The first-order valence-electron chi connectivity index (χ1n) is 29.8. The molecule has 6 unspecified atom stereocenters. The molecule has 6 atom stereocenters. The van der Waals surface area contributed by atoms with E-state index in [0.717, 1.165) is 12.8 Å². The zero-order chi connectivity index (χ0) is 67.9. The number of alkyl halides is 10. The van der Waals surface area contributed by atoms with Gasteiger partial charge < -0.3 is 28.4 Å². The maximum atomic E-state index is 12.8. The lowest BCUT2D eigenvalue weighted by atomic mass is 9.73. The van der Waals surface area contributed by atoms with Crippen LogP contribution in [0.2, 0.25) is 19.6 Å². The molecule has 12 nitrogen and oxygen atoms in total. The molecule has 86 heavy (non-hydrogen) atoms. The summed E-state index contributed by atoms with van der Waals surface area (Å²) >= 11 is 0. The van der Waals surface area contributed by atoms with E-state index in [4.69, 9.17) is 18.9 Å². The van der Waals surface area contributed by atoms with E-state index in [0.29, 0.717) is 30.6 Å². The van der Waals surface area contributed by atoms with Gasteiger partial charge in [0, 0.05) is 19.9 Å². The molecular formula is C63H102F10O12Si. The second kappa shape index (κ2) is 32.3. The summed E-state index contributed by atoms with van der Waals surface area (Å²) in [7, 11) is -0.951. The predicted octanol–water partition coefficient (Wildman–Crippen LogP) is 16.8. The van der Waals surface area contributed by atoms with Crippen molar-refractivity contribution in [1.29, 1.82) is 0 Å². The zero-order valence-corrected chi connectivity index (χ0v) is 56.2. The first kappa shape index (κ1) is 81.6. The van der Waals surface area contributed by atoms with Gasteiger partial charge in [0.05, 0.1) is 27.8 Å². The van der Waals surface area contributed by atoms with Gasteiger partial charge in [0.25, 0.3) is 6.10 Å². The fraction of sp³-hybridized carbons (Fsp3) is 0.810. The van der Waals surface area contributed by atoms with E-state index in [1.165, 1.54) is 37.4 Å². The molecule has 0 spiro atoms. The summed E-state index contributed by atoms with van der Waals surface area (Å²) in [5.74, 6) is -9.28. The Labute approximate surface area is 506 Å². The Morgan fingerprint density at radius 1 is 0.628 bits per heavy atom. The van der Waals surface area contributed by atoms with Gasteiger partial charge in [0.1, 0.15) is 18.3 Å². The van der Waals surface area contributed by atoms with Gasteiger partial charge in [0.2, 0.25) is 0 Å². The van der Waals surface area contributed by atoms with Crippen LogP contribution < -0.4 is 0 Å². The summed E-state index contributed by atoms with van der Waals surface area (Å²) in [6.07, 6.45) is -18.6. The summed E-state index contributed by atoms with van der Waals surface area (Å²) < 4.78 is 154. The number of ether oxygens (including phenoxy) is 6. The molecule has 0 amide bonds. The van der Waals surface area contributed by atoms with E-state index >= 15 is 0 Å². The molecule has 1 aromatic carbocycles. The van der Waals surface area contributed by atoms with Gasteiger partial charge in [-0.25, -0.2) is 8.78 Å². The van der Waals surface area contributed by atoms with E-state index in [-0.39, 0.29) is 41.4 Å². The average molecular weight is 1270 g/mol. The molecular weight excluding hydrogens is 1170 g/mol. The third kappa shape index (κ3) is 23.8. The van der Waals surface area contributed by atoms with Crippen LogP contribution in [0.5, 0.6) is 0 Å². The molecule has 4 rings (SSSR count). The van der Waals surface area contributed by atoms with Crippen molar-refractivity contribution in [2.24, 2.45) is 50.7 Å². The van der Waals surface area contributed by atoms with E-state index in [2.05, 4.69) is 94.9 Å². The Kier molecular flexibility index (Phi) is 30.7. The number of esters is 6. The molecule has 0 radical (unpaired) electrons. The van der Waals surface area contributed by atoms with E-state index in [9.17, 15) is 72.7 Å². The lowest BCUT2D eigenvalue weighted by molar-refractivity contribution is -0.315. The van der Waals surface area contributed by atoms with Crippen molar-refractivity contribution in [3.05, 3.63) is 35.4 Å². The van der Waals surface area contributed by atoms with Crippen LogP contribution in [-0.4, -0.2) is 106 Å². The third-order valence-electron chi connectivity index (χ3n) is 16.2. The van der Waals surface area contributed by atoms with E-state index < -0.39 is 116 Å². The number of carbonyl (C=O) groups is 6. The van der Waals surface area contributed by atoms with E-state index in [1.54, 1.807) is 27.7 Å². The molecule has 2 saturated carbocycles. The fourth-order valence-corrected chi connectivity index (χ4v) is 10.2. The highest BCUT2D eigenvalue weighted by molar-refractivity contribution is 6.75. The van der Waals surface area contributed by atoms with Crippen molar-refractivity contribution >= 4 is 43.9 Å². The molecule has 0 N–H and O–H groups in total. The normalized spacial score (nSPS) is 20.0. The Hall–Kier alpha value is -4.44. The summed E-state index contributed by atoms with van der Waals surface area (Å²) in [5, 5.41) is 0. The largest absolute Gasteiger partial charge is 0.463 e. The zero-order valence-electron chi connectivity index (χ0n) is 55.2. The minimum absolute atomic E-state index is 0.00618. The summed E-state index contributed by atoms with van der Waals surface area (Å²) in [5.41, 5.74) is -1.72. The van der Waals surface area contributed by atoms with Crippen LogP contribution in [0, 0.1) is 50.7 Å². The number of hydrogen-bond acceptors (Lipinski definition) is 12. The predicted molar refractivity (Wildman–Crippen MR) is 312 cm³/mol. The molecule has 3 aliphatic rings. The van der Waals surface area contributed by atoms with Crippen molar-refractivity contribution in [1.82, 2.24) is 0 Å². The van der Waals surface area contributed by atoms with Crippen molar-refractivity contribution in [3.8, 4) is 0 Å². The highest BCUT2D eigenvalue weighted by Gasteiger charge is 2.76. The molecule has 2 bridgehead atoms. The van der Waals surface area contributed by atoms with Crippen LogP contribution >= 0.6 is 0 Å². The fourth-order valence-electron chi connectivity index (χ4n) is 8.75. The number of fused-ring (bicyclic) bond motifs is 1. The molecule has 500 valence electrons. The molecule has 1 heterocycles. The Balaban J connectivity index is 0.00000111. The minimum atomic E-state index is -5.89. The number of halogens is 10. The lowest BCUT2D eigenvalue weighted by Crippen LogP contribution is -2.51. The molecule has 3 fully saturated rings. The highest BCUT2D eigenvalue weighted by Crippen LogP contribution is 2.63. The van der Waals surface area contributed by atoms with Crippen LogP contribution in [0.15, 0.2) is 24.3 Å². The molecule has 1 saturated heterocycles. The lowest BCUT2D eigenvalue weighted by Gasteiger charge is -2.33. The van der Waals surface area contributed by atoms with Gasteiger partial charge in [-0.2, -0.15) is 35.1 Å². The van der Waals surface area contributed by atoms with Crippen LogP contribution in [0.3, 0.4) is 0 Å². The van der Waals surface area contributed by atoms with Crippen molar-refractivity contribution in [2.75, 3.05) is 6.61 Å². The summed E-state index contributed by atoms with van der Waals surface area (Å²) in [6, 6.07) is 10.6. The molecule has 1 aliphatic heterocycles. The number of benzene rings is 1. The van der Waals surface area contributed by atoms with Crippen LogP contribution in [0.1, 0.15) is 200 Å². The SMILES string of the molecule is CCC(C)(C)C(=O)OC(C(C)C)C(C)C.CCC(C)(C)C(=O)OC(C)C.CCC(C)(C)C(=O)OC1C2CC3C1OC(=O)C3(C(=O)OC(C(F)(F)F)C(F)(F)F)C2.CCC(C)(C)C(=O)OCC(F)(F)C(F)F.CCC(C)c1ccc(C[Si](C)(C)C)cc1. The van der Waals surface area contributed by atoms with Crippen molar-refractivity contribution in [2.45, 2.75) is 270 Å². The van der Waals surface area contributed by atoms with Gasteiger partial charge in [-0.15, -0.1) is 0 Å².